The first kappa shape index (κ1) is 24.6. The van der Waals surface area contributed by atoms with Gasteiger partial charge >= 0.3 is 0 Å². The number of nitrogens with two attached hydrogens (primary N) is 1. The van der Waals surface area contributed by atoms with Gasteiger partial charge in [0.1, 0.15) is 5.75 Å². The number of nitrogen functional groups attached to an aromatic ring is 1. The number of ether oxygens (including phenoxy) is 1. The molecule has 1 unspecified atom stereocenters. The summed E-state index contributed by atoms with van der Waals surface area (Å²) in [5.74, 6) is 2.58. The lowest BCUT2D eigenvalue weighted by molar-refractivity contribution is -0.134. The molecule has 36 heavy (non-hydrogen) atoms. The summed E-state index contributed by atoms with van der Waals surface area (Å²) in [6, 6.07) is 6.15. The highest BCUT2D eigenvalue weighted by Gasteiger charge is 2.28. The average Bonchev–Trinajstić information content (AvgIpc) is 3.48. The van der Waals surface area contributed by atoms with E-state index in [-0.39, 0.29) is 5.92 Å². The molecule has 1 amide bonds. The summed E-state index contributed by atoms with van der Waals surface area (Å²) in [6.07, 6.45) is 14.1. The highest BCUT2D eigenvalue weighted by molar-refractivity contribution is 5.81. The topological polar surface area (TPSA) is 84.6 Å². The summed E-state index contributed by atoms with van der Waals surface area (Å²) in [5.41, 5.74) is 10.7. The smallest absolute Gasteiger partial charge is 0.226 e. The van der Waals surface area contributed by atoms with Crippen molar-refractivity contribution in [3.63, 3.8) is 0 Å². The number of rotatable bonds is 7. The number of carbonyl (C=O) groups is 1. The predicted octanol–water partition coefficient (Wildman–Crippen LogP) is 4.72. The molecular formula is C29H39N5O2. The molecule has 7 heteroatoms. The first-order valence-electron chi connectivity index (χ1n) is 13.7. The Kier molecular flexibility index (Phi) is 7.73. The molecule has 0 saturated carbocycles. The number of allylic oxidation sites excluding steroid dienone is 2. The van der Waals surface area contributed by atoms with Gasteiger partial charge in [0.25, 0.3) is 0 Å². The monoisotopic (exact) mass is 489 g/mol. The van der Waals surface area contributed by atoms with E-state index >= 15 is 0 Å². The van der Waals surface area contributed by atoms with Gasteiger partial charge in [-0.1, -0.05) is 19.1 Å². The Labute approximate surface area is 214 Å². The van der Waals surface area contributed by atoms with Crippen molar-refractivity contribution in [2.75, 3.05) is 43.4 Å². The summed E-state index contributed by atoms with van der Waals surface area (Å²) in [4.78, 5) is 26.1. The van der Waals surface area contributed by atoms with Crippen LogP contribution in [0.4, 0.5) is 11.6 Å². The molecule has 3 heterocycles. The number of likely N-dealkylation sites (tertiary alicyclic amines) is 1. The van der Waals surface area contributed by atoms with Gasteiger partial charge < -0.3 is 20.3 Å². The van der Waals surface area contributed by atoms with Crippen LogP contribution in [0, 0.1) is 11.8 Å². The van der Waals surface area contributed by atoms with Crippen LogP contribution in [-0.4, -0.2) is 53.6 Å². The molecule has 7 nitrogen and oxygen atoms in total. The third-order valence-corrected chi connectivity index (χ3v) is 8.03. The van der Waals surface area contributed by atoms with E-state index in [0.29, 0.717) is 24.1 Å². The zero-order valence-corrected chi connectivity index (χ0v) is 21.5. The molecule has 0 spiro atoms. The molecule has 2 fully saturated rings. The number of aromatic nitrogens is 2. The molecule has 2 aliphatic heterocycles. The maximum atomic E-state index is 12.7. The van der Waals surface area contributed by atoms with Crippen LogP contribution >= 0.6 is 0 Å². The van der Waals surface area contributed by atoms with E-state index < -0.39 is 0 Å². The lowest BCUT2D eigenvalue weighted by Gasteiger charge is -2.32. The molecule has 1 aromatic carbocycles. The van der Waals surface area contributed by atoms with E-state index in [4.69, 9.17) is 10.5 Å². The molecule has 1 atom stereocenters. The number of aryl methyl sites for hydroxylation is 1. The minimum absolute atomic E-state index is 0.139. The Morgan fingerprint density at radius 3 is 2.47 bits per heavy atom. The van der Waals surface area contributed by atoms with Crippen LogP contribution in [0.2, 0.25) is 0 Å². The van der Waals surface area contributed by atoms with E-state index in [1.54, 1.807) is 0 Å². The van der Waals surface area contributed by atoms with Gasteiger partial charge in [-0.3, -0.25) is 4.79 Å². The zero-order chi connectivity index (χ0) is 24.9. The minimum atomic E-state index is 0.139. The van der Waals surface area contributed by atoms with Crippen molar-refractivity contribution in [2.24, 2.45) is 11.8 Å². The first-order chi connectivity index (χ1) is 17.6. The number of anilines is 2. The third kappa shape index (κ3) is 5.66. The van der Waals surface area contributed by atoms with Gasteiger partial charge in [0.15, 0.2) is 0 Å². The second-order valence-electron chi connectivity index (χ2n) is 10.5. The second kappa shape index (κ2) is 11.3. The quantitative estimate of drug-likeness (QED) is 0.567. The lowest BCUT2D eigenvalue weighted by Crippen LogP contribution is -2.36. The van der Waals surface area contributed by atoms with Crippen LogP contribution in [0.25, 0.3) is 5.57 Å². The van der Waals surface area contributed by atoms with Crippen molar-refractivity contribution in [1.29, 1.82) is 0 Å². The molecule has 192 valence electrons. The van der Waals surface area contributed by atoms with E-state index in [1.807, 2.05) is 24.5 Å². The maximum absolute atomic E-state index is 12.7. The van der Waals surface area contributed by atoms with Crippen molar-refractivity contribution in [1.82, 2.24) is 14.9 Å². The van der Waals surface area contributed by atoms with Crippen molar-refractivity contribution < 1.29 is 9.53 Å². The summed E-state index contributed by atoms with van der Waals surface area (Å²) < 4.78 is 6.15. The van der Waals surface area contributed by atoms with Gasteiger partial charge in [-0.05, 0) is 86.1 Å². The SMILES string of the molecule is CCc1cnc(N2CCC(COc3ccc(C4=CCC(C(=O)N5CCCC5)CC4)cc3N)CC2)nc1. The molecule has 2 aromatic rings. The molecule has 2 N–H and O–H groups in total. The number of carbonyl (C=O) groups excluding carboxylic acids is 1. The number of benzene rings is 1. The average molecular weight is 490 g/mol. The van der Waals surface area contributed by atoms with Gasteiger partial charge in [-0.2, -0.15) is 0 Å². The standard InChI is InChI=1S/C29H39N5O2/c1-2-21-18-31-29(32-19-21)34-15-11-22(12-16-34)20-36-27-10-9-25(17-26(27)30)23-5-7-24(8-6-23)28(35)33-13-3-4-14-33/h5,9-10,17-19,22,24H,2-4,6-8,11-16,20,30H2,1H3. The second-order valence-corrected chi connectivity index (χ2v) is 10.5. The molecule has 0 radical (unpaired) electrons. The molecule has 3 aliphatic rings. The van der Waals surface area contributed by atoms with Gasteiger partial charge in [-0.15, -0.1) is 0 Å². The highest BCUT2D eigenvalue weighted by atomic mass is 16.5. The number of nitrogens with zero attached hydrogens (tertiary/aromatic N) is 4. The summed E-state index contributed by atoms with van der Waals surface area (Å²) in [5, 5.41) is 0. The Hall–Kier alpha value is -3.09. The van der Waals surface area contributed by atoms with Crippen LogP contribution in [-0.2, 0) is 11.2 Å². The normalized spacial score (nSPS) is 20.9. The van der Waals surface area contributed by atoms with Gasteiger partial charge in [0.2, 0.25) is 11.9 Å². The van der Waals surface area contributed by atoms with Crippen LogP contribution in [0.1, 0.15) is 63.0 Å². The van der Waals surface area contributed by atoms with E-state index in [1.165, 1.54) is 11.1 Å². The zero-order valence-electron chi connectivity index (χ0n) is 21.5. The Morgan fingerprint density at radius 2 is 1.83 bits per heavy atom. The fourth-order valence-electron chi connectivity index (χ4n) is 5.60. The highest BCUT2D eigenvalue weighted by Crippen LogP contribution is 2.35. The van der Waals surface area contributed by atoms with Crippen molar-refractivity contribution in [3.05, 3.63) is 47.8 Å². The Bertz CT molecular complexity index is 1070. The van der Waals surface area contributed by atoms with E-state index in [2.05, 4.69) is 38.8 Å². The fraction of sp³-hybridized carbons (Fsp3) is 0.552. The van der Waals surface area contributed by atoms with E-state index in [0.717, 1.165) is 94.8 Å². The molecule has 0 bridgehead atoms. The number of hydrogen-bond acceptors (Lipinski definition) is 6. The molecular weight excluding hydrogens is 450 g/mol. The molecule has 1 aromatic heterocycles. The van der Waals surface area contributed by atoms with Crippen LogP contribution in [0.15, 0.2) is 36.7 Å². The van der Waals surface area contributed by atoms with Crippen LogP contribution in [0.5, 0.6) is 5.75 Å². The maximum Gasteiger partial charge on any atom is 0.226 e. The number of piperidine rings is 1. The van der Waals surface area contributed by atoms with Gasteiger partial charge in [0, 0.05) is 44.5 Å². The van der Waals surface area contributed by atoms with Crippen molar-refractivity contribution in [2.45, 2.75) is 58.3 Å². The van der Waals surface area contributed by atoms with E-state index in [9.17, 15) is 4.79 Å². The Morgan fingerprint density at radius 1 is 1.08 bits per heavy atom. The first-order valence-corrected chi connectivity index (χ1v) is 13.7. The summed E-state index contributed by atoms with van der Waals surface area (Å²) >= 11 is 0. The Balaban J connectivity index is 1.10. The number of amides is 1. The molecule has 1 aliphatic carbocycles. The van der Waals surface area contributed by atoms with Crippen LogP contribution in [0.3, 0.4) is 0 Å². The predicted molar refractivity (Wildman–Crippen MR) is 144 cm³/mol. The molecule has 2 saturated heterocycles. The number of hydrogen-bond donors (Lipinski definition) is 1. The summed E-state index contributed by atoms with van der Waals surface area (Å²) in [6.45, 7) is 6.56. The molecule has 5 rings (SSSR count). The summed E-state index contributed by atoms with van der Waals surface area (Å²) in [7, 11) is 0. The third-order valence-electron chi connectivity index (χ3n) is 8.03. The van der Waals surface area contributed by atoms with Crippen molar-refractivity contribution >= 4 is 23.1 Å². The van der Waals surface area contributed by atoms with Crippen molar-refractivity contribution in [3.8, 4) is 5.75 Å². The van der Waals surface area contributed by atoms with Gasteiger partial charge in [-0.25, -0.2) is 9.97 Å². The van der Waals surface area contributed by atoms with Crippen LogP contribution < -0.4 is 15.4 Å². The minimum Gasteiger partial charge on any atom is -0.491 e. The lowest BCUT2D eigenvalue weighted by atomic mass is 9.85. The fourth-order valence-corrected chi connectivity index (χ4v) is 5.60. The largest absolute Gasteiger partial charge is 0.491 e. The van der Waals surface area contributed by atoms with Gasteiger partial charge in [0.05, 0.1) is 12.3 Å².